The fourth-order valence-corrected chi connectivity index (χ4v) is 2.97. The maximum atomic E-state index is 11.2. The molecule has 1 aromatic heterocycles. The van der Waals surface area contributed by atoms with Crippen molar-refractivity contribution in [3.63, 3.8) is 0 Å². The topological polar surface area (TPSA) is 123 Å². The minimum Gasteiger partial charge on any atom is -0.493 e. The molecule has 0 amide bonds. The lowest BCUT2D eigenvalue weighted by molar-refractivity contribution is 0.390. The highest BCUT2D eigenvalue weighted by Gasteiger charge is 2.15. The minimum atomic E-state index is -4.16. The summed E-state index contributed by atoms with van der Waals surface area (Å²) in [6.45, 7) is 0.411. The Morgan fingerprint density at radius 2 is 1.96 bits per heavy atom. The summed E-state index contributed by atoms with van der Waals surface area (Å²) < 4.78 is 34.1. The quantitative estimate of drug-likeness (QED) is 0.642. The smallest absolute Gasteiger partial charge is 0.380 e. The number of benzene rings is 2. The monoisotopic (exact) mass is 399 g/mol. The van der Waals surface area contributed by atoms with Crippen LogP contribution in [0.5, 0.6) is 11.5 Å². The SMILES string of the molecule is COc1cc(CN(c2ccc(C#N)cc2)n2ccnc2)ccc1OS(N)(=O)=O. The highest BCUT2D eigenvalue weighted by molar-refractivity contribution is 7.84. The van der Waals surface area contributed by atoms with Gasteiger partial charge in [0.2, 0.25) is 0 Å². The van der Waals surface area contributed by atoms with Crippen molar-refractivity contribution in [1.29, 1.82) is 5.26 Å². The van der Waals surface area contributed by atoms with Gasteiger partial charge < -0.3 is 8.92 Å². The average Bonchev–Trinajstić information content (AvgIpc) is 3.20. The number of aromatic nitrogens is 2. The first kappa shape index (κ1) is 19.2. The Balaban J connectivity index is 1.93. The molecule has 0 unspecified atom stereocenters. The summed E-state index contributed by atoms with van der Waals surface area (Å²) in [4.78, 5) is 4.08. The van der Waals surface area contributed by atoms with Gasteiger partial charge in [0.05, 0.1) is 31.0 Å². The van der Waals surface area contributed by atoms with Gasteiger partial charge in [0.15, 0.2) is 11.5 Å². The average molecular weight is 399 g/mol. The second kappa shape index (κ2) is 7.99. The van der Waals surface area contributed by atoms with Crippen LogP contribution in [0, 0.1) is 11.3 Å². The number of anilines is 1. The Morgan fingerprint density at radius 3 is 2.54 bits per heavy atom. The van der Waals surface area contributed by atoms with Crippen LogP contribution in [-0.4, -0.2) is 25.2 Å². The molecule has 0 saturated carbocycles. The van der Waals surface area contributed by atoms with Gasteiger partial charge in [-0.3, -0.25) is 5.01 Å². The van der Waals surface area contributed by atoms with Gasteiger partial charge in [-0.1, -0.05) is 6.07 Å². The molecule has 0 aliphatic heterocycles. The van der Waals surface area contributed by atoms with Crippen molar-refractivity contribution in [1.82, 2.24) is 9.66 Å². The summed E-state index contributed by atoms with van der Waals surface area (Å²) in [5.41, 5.74) is 2.21. The Morgan fingerprint density at radius 1 is 1.21 bits per heavy atom. The summed E-state index contributed by atoms with van der Waals surface area (Å²) in [7, 11) is -2.75. The molecular formula is C18H17N5O4S. The lowest BCUT2D eigenvalue weighted by Crippen LogP contribution is -2.27. The summed E-state index contributed by atoms with van der Waals surface area (Å²) in [6.07, 6.45) is 5.09. The number of hydrogen-bond acceptors (Lipinski definition) is 7. The van der Waals surface area contributed by atoms with Crippen LogP contribution in [0.15, 0.2) is 61.2 Å². The first-order chi connectivity index (χ1) is 13.4. The van der Waals surface area contributed by atoms with E-state index in [4.69, 9.17) is 19.3 Å². The van der Waals surface area contributed by atoms with Crippen molar-refractivity contribution < 1.29 is 17.3 Å². The van der Waals surface area contributed by atoms with Crippen molar-refractivity contribution in [3.8, 4) is 17.6 Å². The molecule has 2 N–H and O–H groups in total. The Hall–Kier alpha value is -3.55. The number of nitriles is 1. The van der Waals surface area contributed by atoms with Crippen LogP contribution in [0.4, 0.5) is 5.69 Å². The fourth-order valence-electron chi connectivity index (χ4n) is 2.59. The third kappa shape index (κ3) is 4.59. The van der Waals surface area contributed by atoms with E-state index in [0.29, 0.717) is 12.1 Å². The number of ether oxygens (including phenoxy) is 1. The molecule has 0 aliphatic carbocycles. The molecule has 2 aromatic carbocycles. The highest BCUT2D eigenvalue weighted by Crippen LogP contribution is 2.30. The van der Waals surface area contributed by atoms with Crippen molar-refractivity contribution in [2.24, 2.45) is 5.14 Å². The van der Waals surface area contributed by atoms with E-state index in [9.17, 15) is 8.42 Å². The lowest BCUT2D eigenvalue weighted by Gasteiger charge is -2.26. The van der Waals surface area contributed by atoms with E-state index in [1.54, 1.807) is 47.7 Å². The highest BCUT2D eigenvalue weighted by atomic mass is 32.2. The fraction of sp³-hybridized carbons (Fsp3) is 0.111. The first-order valence-corrected chi connectivity index (χ1v) is 9.52. The van der Waals surface area contributed by atoms with E-state index < -0.39 is 10.3 Å². The molecule has 0 bridgehead atoms. The summed E-state index contributed by atoms with van der Waals surface area (Å²) >= 11 is 0. The van der Waals surface area contributed by atoms with E-state index in [1.807, 2.05) is 17.1 Å². The van der Waals surface area contributed by atoms with Gasteiger partial charge in [-0.05, 0) is 42.0 Å². The van der Waals surface area contributed by atoms with Crippen LogP contribution < -0.4 is 19.1 Å². The van der Waals surface area contributed by atoms with E-state index in [0.717, 1.165) is 11.3 Å². The van der Waals surface area contributed by atoms with Crippen LogP contribution in [0.1, 0.15) is 11.1 Å². The van der Waals surface area contributed by atoms with E-state index in [-0.39, 0.29) is 11.5 Å². The molecule has 3 rings (SSSR count). The summed E-state index contributed by atoms with van der Waals surface area (Å²) in [6, 6.07) is 14.0. The zero-order chi connectivity index (χ0) is 20.1. The number of methoxy groups -OCH3 is 1. The number of hydrogen-bond donors (Lipinski definition) is 1. The molecule has 0 radical (unpaired) electrons. The van der Waals surface area contributed by atoms with Gasteiger partial charge in [0, 0.05) is 12.4 Å². The van der Waals surface area contributed by atoms with Gasteiger partial charge in [0.1, 0.15) is 6.33 Å². The zero-order valence-electron chi connectivity index (χ0n) is 14.9. The van der Waals surface area contributed by atoms with E-state index >= 15 is 0 Å². The van der Waals surface area contributed by atoms with Gasteiger partial charge in [0.25, 0.3) is 0 Å². The van der Waals surface area contributed by atoms with Crippen molar-refractivity contribution >= 4 is 16.0 Å². The lowest BCUT2D eigenvalue weighted by atomic mass is 10.1. The van der Waals surface area contributed by atoms with Crippen molar-refractivity contribution in [3.05, 3.63) is 72.3 Å². The molecule has 0 aliphatic rings. The first-order valence-electron chi connectivity index (χ1n) is 8.04. The maximum absolute atomic E-state index is 11.2. The minimum absolute atomic E-state index is 0.00121. The normalized spacial score (nSPS) is 10.9. The molecule has 28 heavy (non-hydrogen) atoms. The zero-order valence-corrected chi connectivity index (χ0v) is 15.7. The number of nitrogens with two attached hydrogens (primary N) is 1. The number of nitrogens with zero attached hydrogens (tertiary/aromatic N) is 4. The molecule has 10 heteroatoms. The molecular weight excluding hydrogens is 382 g/mol. The summed E-state index contributed by atoms with van der Waals surface area (Å²) in [5, 5.41) is 15.8. The molecule has 9 nitrogen and oxygen atoms in total. The Bertz CT molecular complexity index is 1090. The van der Waals surface area contributed by atoms with Gasteiger partial charge in [-0.15, -0.1) is 0 Å². The van der Waals surface area contributed by atoms with E-state index in [1.165, 1.54) is 13.2 Å². The predicted octanol–water partition coefficient (Wildman–Crippen LogP) is 1.82. The number of imidazole rings is 1. The number of rotatable bonds is 7. The molecule has 0 saturated heterocycles. The molecule has 1 heterocycles. The second-order valence-electron chi connectivity index (χ2n) is 5.72. The van der Waals surface area contributed by atoms with Gasteiger partial charge in [-0.25, -0.2) is 9.66 Å². The van der Waals surface area contributed by atoms with Crippen LogP contribution >= 0.6 is 0 Å². The van der Waals surface area contributed by atoms with Crippen LogP contribution in [0.3, 0.4) is 0 Å². The van der Waals surface area contributed by atoms with Gasteiger partial charge >= 0.3 is 10.3 Å². The van der Waals surface area contributed by atoms with Crippen molar-refractivity contribution in [2.45, 2.75) is 6.54 Å². The van der Waals surface area contributed by atoms with Crippen LogP contribution in [-0.2, 0) is 16.8 Å². The third-order valence-electron chi connectivity index (χ3n) is 3.83. The van der Waals surface area contributed by atoms with Gasteiger partial charge in [-0.2, -0.15) is 18.8 Å². The maximum Gasteiger partial charge on any atom is 0.380 e. The molecule has 144 valence electrons. The standard InChI is InChI=1S/C18H17N5O4S/c1-26-18-10-15(4-7-17(18)27-28(20,24)25)12-23(22-9-8-21-13-22)16-5-2-14(11-19)3-6-16/h2-10,13H,12H2,1H3,(H2,20,24,25). The Labute approximate surface area is 162 Å². The largest absolute Gasteiger partial charge is 0.493 e. The molecule has 0 spiro atoms. The summed E-state index contributed by atoms with van der Waals surface area (Å²) in [5.74, 6) is 0.234. The van der Waals surface area contributed by atoms with E-state index in [2.05, 4.69) is 11.1 Å². The Kier molecular flexibility index (Phi) is 5.49. The predicted molar refractivity (Wildman–Crippen MR) is 102 cm³/mol. The van der Waals surface area contributed by atoms with Crippen LogP contribution in [0.2, 0.25) is 0 Å². The molecule has 3 aromatic rings. The molecule has 0 atom stereocenters. The van der Waals surface area contributed by atoms with Crippen molar-refractivity contribution in [2.75, 3.05) is 12.1 Å². The van der Waals surface area contributed by atoms with Crippen LogP contribution in [0.25, 0.3) is 0 Å². The molecule has 0 fully saturated rings. The second-order valence-corrected chi connectivity index (χ2v) is 6.87. The third-order valence-corrected chi connectivity index (χ3v) is 4.24.